The topological polar surface area (TPSA) is 76.1 Å². The van der Waals surface area contributed by atoms with E-state index >= 15 is 0 Å². The first kappa shape index (κ1) is 26.0. The summed E-state index contributed by atoms with van der Waals surface area (Å²) in [5.41, 5.74) is 4.38. The number of Topliss-reactive ketones (excluding diaryl/α,β-unsaturated/α-hetero) is 1. The number of ketones is 1. The highest BCUT2D eigenvalue weighted by Gasteiger charge is 2.48. The van der Waals surface area contributed by atoms with Crippen LogP contribution in [0.25, 0.3) is 5.76 Å². The van der Waals surface area contributed by atoms with Gasteiger partial charge in [0.15, 0.2) is 0 Å². The van der Waals surface area contributed by atoms with Crippen molar-refractivity contribution in [1.82, 2.24) is 0 Å². The van der Waals surface area contributed by atoms with Gasteiger partial charge in [-0.25, -0.2) is 0 Å². The lowest BCUT2D eigenvalue weighted by atomic mass is 9.93. The van der Waals surface area contributed by atoms with Crippen LogP contribution >= 0.6 is 0 Å². The van der Waals surface area contributed by atoms with Gasteiger partial charge in [-0.05, 0) is 73.7 Å². The third kappa shape index (κ3) is 4.84. The second-order valence-corrected chi connectivity index (χ2v) is 9.82. The molecule has 1 aliphatic heterocycles. The Morgan fingerprint density at radius 3 is 2.35 bits per heavy atom. The minimum Gasteiger partial charge on any atom is -0.507 e. The molecule has 192 valence electrons. The fraction of sp³-hybridized carbons (Fsp3) is 0.290. The highest BCUT2D eigenvalue weighted by Crippen LogP contribution is 2.46. The molecular formula is C31H33NO5. The van der Waals surface area contributed by atoms with Crippen molar-refractivity contribution in [2.45, 2.75) is 40.7 Å². The van der Waals surface area contributed by atoms with Crippen molar-refractivity contribution >= 4 is 23.1 Å². The molecule has 1 atom stereocenters. The first-order valence-electron chi connectivity index (χ1n) is 12.4. The van der Waals surface area contributed by atoms with Gasteiger partial charge in [0.25, 0.3) is 11.7 Å². The second-order valence-electron chi connectivity index (χ2n) is 9.82. The molecule has 3 aromatic rings. The number of rotatable bonds is 7. The van der Waals surface area contributed by atoms with E-state index in [1.54, 1.807) is 31.4 Å². The van der Waals surface area contributed by atoms with E-state index in [1.165, 1.54) is 4.90 Å². The highest BCUT2D eigenvalue weighted by molar-refractivity contribution is 6.51. The van der Waals surface area contributed by atoms with E-state index in [0.29, 0.717) is 40.8 Å². The Kier molecular flexibility index (Phi) is 7.39. The van der Waals surface area contributed by atoms with Crippen molar-refractivity contribution in [3.8, 4) is 11.5 Å². The smallest absolute Gasteiger partial charge is 0.300 e. The van der Waals surface area contributed by atoms with Gasteiger partial charge in [-0.2, -0.15) is 0 Å². The number of anilines is 1. The Bertz CT molecular complexity index is 1390. The summed E-state index contributed by atoms with van der Waals surface area (Å²) in [6, 6.07) is 17.3. The normalized spacial score (nSPS) is 16.9. The Hall–Kier alpha value is -4.06. The van der Waals surface area contributed by atoms with Crippen LogP contribution in [0.2, 0.25) is 0 Å². The van der Waals surface area contributed by atoms with Gasteiger partial charge in [0.05, 0.1) is 25.3 Å². The first-order valence-corrected chi connectivity index (χ1v) is 12.4. The molecule has 1 saturated heterocycles. The molecule has 1 N–H and O–H groups in total. The van der Waals surface area contributed by atoms with Gasteiger partial charge in [0.1, 0.15) is 17.3 Å². The molecule has 37 heavy (non-hydrogen) atoms. The lowest BCUT2D eigenvalue weighted by molar-refractivity contribution is -0.132. The van der Waals surface area contributed by atoms with Crippen LogP contribution in [0.5, 0.6) is 11.5 Å². The minimum absolute atomic E-state index is 0.0191. The number of aryl methyl sites for hydroxylation is 2. The lowest BCUT2D eigenvalue weighted by Gasteiger charge is -2.28. The molecule has 6 heteroatoms. The van der Waals surface area contributed by atoms with Crippen molar-refractivity contribution in [3.63, 3.8) is 0 Å². The summed E-state index contributed by atoms with van der Waals surface area (Å²) in [6.45, 7) is 10.5. The molecule has 0 radical (unpaired) electrons. The van der Waals surface area contributed by atoms with Gasteiger partial charge in [0, 0.05) is 16.8 Å². The summed E-state index contributed by atoms with van der Waals surface area (Å²) in [6.07, 6.45) is 0. The molecule has 0 saturated carbocycles. The number of para-hydroxylation sites is 1. The molecular weight excluding hydrogens is 466 g/mol. The van der Waals surface area contributed by atoms with Crippen LogP contribution in [0.4, 0.5) is 5.69 Å². The number of carbonyl (C=O) groups is 2. The average molecular weight is 500 g/mol. The number of hydrogen-bond acceptors (Lipinski definition) is 5. The summed E-state index contributed by atoms with van der Waals surface area (Å²) in [7, 11) is 1.54. The van der Waals surface area contributed by atoms with Crippen molar-refractivity contribution < 1.29 is 24.2 Å². The lowest BCUT2D eigenvalue weighted by Crippen LogP contribution is -2.30. The molecule has 3 aromatic carbocycles. The van der Waals surface area contributed by atoms with E-state index in [4.69, 9.17) is 9.47 Å². The maximum atomic E-state index is 13.5. The molecule has 1 amide bonds. The van der Waals surface area contributed by atoms with E-state index in [2.05, 4.69) is 13.8 Å². The fourth-order valence-electron chi connectivity index (χ4n) is 4.63. The van der Waals surface area contributed by atoms with Gasteiger partial charge in [-0.3, -0.25) is 14.5 Å². The second kappa shape index (κ2) is 10.5. The van der Waals surface area contributed by atoms with E-state index < -0.39 is 17.7 Å². The Morgan fingerprint density at radius 1 is 0.946 bits per heavy atom. The van der Waals surface area contributed by atoms with Crippen LogP contribution in [0, 0.1) is 26.7 Å². The van der Waals surface area contributed by atoms with Crippen LogP contribution in [0.3, 0.4) is 0 Å². The predicted octanol–water partition coefficient (Wildman–Crippen LogP) is 6.28. The number of aliphatic hydroxyl groups excluding tert-OH is 1. The maximum Gasteiger partial charge on any atom is 0.300 e. The van der Waals surface area contributed by atoms with E-state index in [9.17, 15) is 14.7 Å². The molecule has 0 aliphatic carbocycles. The van der Waals surface area contributed by atoms with Gasteiger partial charge in [-0.15, -0.1) is 0 Å². The first-order chi connectivity index (χ1) is 17.6. The van der Waals surface area contributed by atoms with Crippen molar-refractivity contribution in [2.75, 3.05) is 18.6 Å². The number of amides is 1. The van der Waals surface area contributed by atoms with Crippen LogP contribution in [-0.2, 0) is 9.59 Å². The fourth-order valence-corrected chi connectivity index (χ4v) is 4.63. The molecule has 1 unspecified atom stereocenters. The number of nitrogens with zero attached hydrogens (tertiary/aromatic N) is 1. The highest BCUT2D eigenvalue weighted by atomic mass is 16.5. The number of hydrogen-bond donors (Lipinski definition) is 1. The molecule has 0 aromatic heterocycles. The Morgan fingerprint density at radius 2 is 1.68 bits per heavy atom. The minimum atomic E-state index is -0.867. The Labute approximate surface area is 218 Å². The maximum absolute atomic E-state index is 13.5. The molecule has 1 aliphatic rings. The van der Waals surface area contributed by atoms with Gasteiger partial charge >= 0.3 is 0 Å². The van der Waals surface area contributed by atoms with Crippen molar-refractivity contribution in [3.05, 3.63) is 94.1 Å². The zero-order valence-electron chi connectivity index (χ0n) is 22.2. The number of aliphatic hydroxyl groups is 1. The molecule has 0 spiro atoms. The van der Waals surface area contributed by atoms with Gasteiger partial charge < -0.3 is 14.6 Å². The van der Waals surface area contributed by atoms with E-state index in [0.717, 1.165) is 16.7 Å². The molecule has 0 bridgehead atoms. The Balaban J connectivity index is 1.92. The number of benzene rings is 3. The summed E-state index contributed by atoms with van der Waals surface area (Å²) in [4.78, 5) is 28.6. The molecule has 4 rings (SSSR count). The van der Waals surface area contributed by atoms with E-state index in [-0.39, 0.29) is 11.3 Å². The zero-order valence-corrected chi connectivity index (χ0v) is 22.2. The number of methoxy groups -OCH3 is 1. The standard InChI is InChI=1S/C31H33NO5/c1-18(2)17-37-25-15-14-22(16-20(25)4)29(33)27-28(23-11-7-8-13-26(23)36-6)32(31(35)30(27)34)24-12-9-10-19(3)21(24)5/h7-16,18,28,33H,17H2,1-6H3/b29-27+. The third-order valence-corrected chi connectivity index (χ3v) is 6.73. The van der Waals surface area contributed by atoms with Crippen molar-refractivity contribution in [2.24, 2.45) is 5.92 Å². The van der Waals surface area contributed by atoms with Gasteiger partial charge in [-0.1, -0.05) is 44.2 Å². The summed E-state index contributed by atoms with van der Waals surface area (Å²) < 4.78 is 11.5. The van der Waals surface area contributed by atoms with Crippen LogP contribution < -0.4 is 14.4 Å². The van der Waals surface area contributed by atoms with Crippen LogP contribution in [0.15, 0.2) is 66.2 Å². The largest absolute Gasteiger partial charge is 0.507 e. The third-order valence-electron chi connectivity index (χ3n) is 6.73. The predicted molar refractivity (Wildman–Crippen MR) is 145 cm³/mol. The SMILES string of the molecule is COc1ccccc1C1/C(=C(\O)c2ccc(OCC(C)C)c(C)c2)C(=O)C(=O)N1c1cccc(C)c1C. The zero-order chi connectivity index (χ0) is 26.9. The average Bonchev–Trinajstić information content (AvgIpc) is 3.14. The number of carbonyl (C=O) groups excluding carboxylic acids is 2. The summed E-state index contributed by atoms with van der Waals surface area (Å²) >= 11 is 0. The van der Waals surface area contributed by atoms with Gasteiger partial charge in [0.2, 0.25) is 0 Å². The quantitative estimate of drug-likeness (QED) is 0.235. The molecule has 1 heterocycles. The number of ether oxygens (including phenoxy) is 2. The van der Waals surface area contributed by atoms with E-state index in [1.807, 2.05) is 57.2 Å². The molecule has 1 fully saturated rings. The van der Waals surface area contributed by atoms with Crippen LogP contribution in [0.1, 0.15) is 47.7 Å². The van der Waals surface area contributed by atoms with Crippen molar-refractivity contribution in [1.29, 1.82) is 0 Å². The summed E-state index contributed by atoms with van der Waals surface area (Å²) in [5, 5.41) is 11.5. The molecule has 6 nitrogen and oxygen atoms in total. The monoisotopic (exact) mass is 499 g/mol. The van der Waals surface area contributed by atoms with Crippen LogP contribution in [-0.4, -0.2) is 30.5 Å². The summed E-state index contributed by atoms with van der Waals surface area (Å²) in [5.74, 6) is -0.0755.